The van der Waals surface area contributed by atoms with Crippen LogP contribution in [0.1, 0.15) is 24.9 Å². The number of aromatic nitrogens is 5. The molecule has 0 spiro atoms. The fourth-order valence-electron chi connectivity index (χ4n) is 1.65. The third kappa shape index (κ3) is 1.91. The van der Waals surface area contributed by atoms with Gasteiger partial charge in [-0.1, -0.05) is 18.6 Å². The maximum absolute atomic E-state index is 5.77. The normalized spacial score (nSPS) is 10.9. The number of aryl methyl sites for hydroxylation is 1. The summed E-state index contributed by atoms with van der Waals surface area (Å²) in [5.41, 5.74) is 6.76. The van der Waals surface area contributed by atoms with Crippen LogP contribution in [0.3, 0.4) is 0 Å². The maximum Gasteiger partial charge on any atom is 0.169 e. The van der Waals surface area contributed by atoms with Crippen LogP contribution in [0.15, 0.2) is 12.4 Å². The van der Waals surface area contributed by atoms with Crippen molar-refractivity contribution in [1.29, 1.82) is 0 Å². The quantitative estimate of drug-likeness (QED) is 0.818. The lowest BCUT2D eigenvalue weighted by Gasteiger charge is -2.05. The van der Waals surface area contributed by atoms with E-state index in [0.29, 0.717) is 12.4 Å². The van der Waals surface area contributed by atoms with Crippen LogP contribution < -0.4 is 5.73 Å². The minimum Gasteiger partial charge on any atom is -0.381 e. The van der Waals surface area contributed by atoms with Crippen LogP contribution in [0.2, 0.25) is 0 Å². The summed E-state index contributed by atoms with van der Waals surface area (Å²) in [4.78, 5) is 4.26. The van der Waals surface area contributed by atoms with E-state index in [4.69, 9.17) is 5.73 Å². The smallest absolute Gasteiger partial charge is 0.169 e. The van der Waals surface area contributed by atoms with Crippen molar-refractivity contribution in [3.8, 4) is 0 Å². The molecule has 0 unspecified atom stereocenters. The lowest BCUT2D eigenvalue weighted by Crippen LogP contribution is -2.11. The summed E-state index contributed by atoms with van der Waals surface area (Å²) in [5.74, 6) is 1.47. The lowest BCUT2D eigenvalue weighted by atomic mass is 10.2. The minimum absolute atomic E-state index is 0.524. The number of nitrogens with two attached hydrogens (primary N) is 1. The van der Waals surface area contributed by atoms with Crippen molar-refractivity contribution in [3.05, 3.63) is 23.9 Å². The van der Waals surface area contributed by atoms with Crippen LogP contribution in [0.25, 0.3) is 0 Å². The third-order valence-corrected chi connectivity index (χ3v) is 2.57. The van der Waals surface area contributed by atoms with Crippen LogP contribution in [0, 0.1) is 0 Å². The number of rotatable bonds is 4. The molecule has 0 saturated carbocycles. The van der Waals surface area contributed by atoms with Crippen LogP contribution in [-0.2, 0) is 20.0 Å². The molecule has 0 aliphatic heterocycles. The number of imidazole rings is 1. The van der Waals surface area contributed by atoms with E-state index in [1.165, 1.54) is 0 Å². The number of hydrogen-bond acceptors (Lipinski definition) is 4. The second kappa shape index (κ2) is 4.34. The molecule has 0 fully saturated rings. The molecular formula is C10H16N6. The molecule has 0 saturated heterocycles. The van der Waals surface area contributed by atoms with Crippen molar-refractivity contribution >= 4 is 5.82 Å². The predicted molar refractivity (Wildman–Crippen MR) is 60.7 cm³/mol. The van der Waals surface area contributed by atoms with Gasteiger partial charge in [0.05, 0.1) is 5.69 Å². The van der Waals surface area contributed by atoms with Crippen molar-refractivity contribution in [2.45, 2.75) is 26.3 Å². The van der Waals surface area contributed by atoms with E-state index in [-0.39, 0.29) is 0 Å². The first kappa shape index (κ1) is 10.7. The standard InChI is InChI=1S/C10H16N6/c1-3-4-8-10(11)13-14-16(8)7-9-12-5-6-15(9)2/h5-6H,3-4,7,11H2,1-2H3. The molecule has 0 bridgehead atoms. The number of nitrogen functional groups attached to an aromatic ring is 1. The second-order valence-corrected chi connectivity index (χ2v) is 3.78. The SMILES string of the molecule is CCCc1c(N)nnn1Cc1nccn1C. The largest absolute Gasteiger partial charge is 0.381 e. The lowest BCUT2D eigenvalue weighted by molar-refractivity contribution is 0.579. The molecule has 2 rings (SSSR count). The van der Waals surface area contributed by atoms with Gasteiger partial charge < -0.3 is 10.3 Å². The molecule has 0 radical (unpaired) electrons. The van der Waals surface area contributed by atoms with E-state index < -0.39 is 0 Å². The van der Waals surface area contributed by atoms with Crippen LogP contribution >= 0.6 is 0 Å². The second-order valence-electron chi connectivity index (χ2n) is 3.78. The highest BCUT2D eigenvalue weighted by Gasteiger charge is 2.10. The van der Waals surface area contributed by atoms with E-state index in [1.54, 1.807) is 6.20 Å². The van der Waals surface area contributed by atoms with Crippen molar-refractivity contribution in [1.82, 2.24) is 24.5 Å². The summed E-state index contributed by atoms with van der Waals surface area (Å²) in [6, 6.07) is 0. The van der Waals surface area contributed by atoms with Gasteiger partial charge in [-0.3, -0.25) is 0 Å². The van der Waals surface area contributed by atoms with Gasteiger partial charge in [0.25, 0.3) is 0 Å². The first-order chi connectivity index (χ1) is 7.72. The Hall–Kier alpha value is -1.85. The van der Waals surface area contributed by atoms with Crippen LogP contribution in [-0.4, -0.2) is 24.5 Å². The fraction of sp³-hybridized carbons (Fsp3) is 0.500. The molecule has 6 nitrogen and oxygen atoms in total. The summed E-state index contributed by atoms with van der Waals surface area (Å²) >= 11 is 0. The number of nitrogens with zero attached hydrogens (tertiary/aromatic N) is 5. The first-order valence-corrected chi connectivity index (χ1v) is 5.36. The number of anilines is 1. The molecule has 0 atom stereocenters. The zero-order valence-electron chi connectivity index (χ0n) is 9.59. The Morgan fingerprint density at radius 2 is 2.25 bits per heavy atom. The van der Waals surface area contributed by atoms with E-state index >= 15 is 0 Å². The van der Waals surface area contributed by atoms with Gasteiger partial charge in [0.15, 0.2) is 5.82 Å². The molecule has 6 heteroatoms. The highest BCUT2D eigenvalue weighted by molar-refractivity contribution is 5.33. The van der Waals surface area contributed by atoms with E-state index in [0.717, 1.165) is 24.4 Å². The molecule has 16 heavy (non-hydrogen) atoms. The van der Waals surface area contributed by atoms with Crippen molar-refractivity contribution < 1.29 is 0 Å². The zero-order chi connectivity index (χ0) is 11.5. The monoisotopic (exact) mass is 220 g/mol. The average Bonchev–Trinajstić information content (AvgIpc) is 2.80. The van der Waals surface area contributed by atoms with E-state index in [1.807, 2.05) is 22.5 Å². The molecule has 2 aromatic rings. The van der Waals surface area contributed by atoms with Gasteiger partial charge in [0.1, 0.15) is 12.4 Å². The summed E-state index contributed by atoms with van der Waals surface area (Å²) < 4.78 is 3.79. The maximum atomic E-state index is 5.77. The van der Waals surface area contributed by atoms with Gasteiger partial charge in [-0.2, -0.15) is 0 Å². The van der Waals surface area contributed by atoms with Crippen molar-refractivity contribution in [3.63, 3.8) is 0 Å². The molecule has 0 amide bonds. The third-order valence-electron chi connectivity index (χ3n) is 2.57. The Balaban J connectivity index is 2.24. The molecule has 0 aliphatic rings. The molecule has 0 aromatic carbocycles. The molecule has 2 N–H and O–H groups in total. The predicted octanol–water partition coefficient (Wildman–Crippen LogP) is 0.595. The molecule has 0 aliphatic carbocycles. The summed E-state index contributed by atoms with van der Waals surface area (Å²) in [6.45, 7) is 2.72. The summed E-state index contributed by atoms with van der Waals surface area (Å²) in [5, 5.41) is 7.94. The van der Waals surface area contributed by atoms with E-state index in [9.17, 15) is 0 Å². The van der Waals surface area contributed by atoms with Crippen LogP contribution in [0.4, 0.5) is 5.82 Å². The van der Waals surface area contributed by atoms with Gasteiger partial charge >= 0.3 is 0 Å². The van der Waals surface area contributed by atoms with Crippen molar-refractivity contribution in [2.24, 2.45) is 7.05 Å². The van der Waals surface area contributed by atoms with Crippen molar-refractivity contribution in [2.75, 3.05) is 5.73 Å². The Kier molecular flexibility index (Phi) is 2.89. The Bertz CT molecular complexity index is 469. The number of hydrogen-bond donors (Lipinski definition) is 1. The Morgan fingerprint density at radius 3 is 2.88 bits per heavy atom. The van der Waals surface area contributed by atoms with Gasteiger partial charge in [-0.25, -0.2) is 9.67 Å². The minimum atomic E-state index is 0.524. The van der Waals surface area contributed by atoms with E-state index in [2.05, 4.69) is 22.2 Å². The first-order valence-electron chi connectivity index (χ1n) is 5.36. The topological polar surface area (TPSA) is 74.6 Å². The zero-order valence-corrected chi connectivity index (χ0v) is 9.59. The highest BCUT2D eigenvalue weighted by Crippen LogP contribution is 2.11. The van der Waals surface area contributed by atoms with Crippen LogP contribution in [0.5, 0.6) is 0 Å². The Labute approximate surface area is 94.1 Å². The average molecular weight is 220 g/mol. The van der Waals surface area contributed by atoms with Gasteiger partial charge in [-0.15, -0.1) is 5.10 Å². The Morgan fingerprint density at radius 1 is 1.44 bits per heavy atom. The molecule has 86 valence electrons. The van der Waals surface area contributed by atoms with Gasteiger partial charge in [0, 0.05) is 19.4 Å². The molecule has 2 heterocycles. The molecular weight excluding hydrogens is 204 g/mol. The summed E-state index contributed by atoms with van der Waals surface area (Å²) in [6.07, 6.45) is 5.60. The fourth-order valence-corrected chi connectivity index (χ4v) is 1.65. The van der Waals surface area contributed by atoms with Gasteiger partial charge in [-0.05, 0) is 6.42 Å². The highest BCUT2D eigenvalue weighted by atomic mass is 15.4. The molecule has 2 aromatic heterocycles. The summed E-state index contributed by atoms with van der Waals surface area (Å²) in [7, 11) is 1.96. The van der Waals surface area contributed by atoms with Gasteiger partial charge in [0.2, 0.25) is 0 Å².